The Hall–Kier alpha value is -6.51. The van der Waals surface area contributed by atoms with Crippen molar-refractivity contribution in [2.24, 2.45) is 35.5 Å². The number of esters is 1. The average Bonchev–Trinajstić information content (AvgIpc) is 0.775. The summed E-state index contributed by atoms with van der Waals surface area (Å²) in [7, 11) is 1.87. The Morgan fingerprint density at radius 1 is 0.780 bits per heavy atom. The Morgan fingerprint density at radius 2 is 1.42 bits per heavy atom. The number of aliphatic hydroxyl groups is 4. The molecule has 3 amide bonds. The number of sulfonamides is 1. The molecule has 7 rings (SSSR count). The number of ketones is 2. The van der Waals surface area contributed by atoms with Crippen molar-refractivity contribution in [1.29, 1.82) is 0 Å². The van der Waals surface area contributed by atoms with Crippen molar-refractivity contribution >= 4 is 45.3 Å². The molecule has 2 bridgehead atoms. The molecule has 0 spiro atoms. The van der Waals surface area contributed by atoms with E-state index in [0.717, 1.165) is 21.6 Å². The number of nitrogens with zero attached hydrogens (tertiary/aromatic N) is 2. The number of aliphatic hydroxyl groups excluding tert-OH is 3. The molecule has 552 valence electrons. The van der Waals surface area contributed by atoms with Gasteiger partial charge in [0.2, 0.25) is 27.6 Å². The number of amides is 3. The van der Waals surface area contributed by atoms with Crippen molar-refractivity contribution in [3.05, 3.63) is 132 Å². The molecule has 1 saturated carbocycles. The monoisotopic (exact) mass is 1410 g/mol. The summed E-state index contributed by atoms with van der Waals surface area (Å²) in [5.41, 5.74) is 2.93. The zero-order valence-corrected chi connectivity index (χ0v) is 61.1. The van der Waals surface area contributed by atoms with E-state index in [0.29, 0.717) is 56.3 Å². The summed E-state index contributed by atoms with van der Waals surface area (Å²) in [6.07, 6.45) is 3.80. The van der Waals surface area contributed by atoms with Crippen LogP contribution in [0.1, 0.15) is 143 Å². The maximum atomic E-state index is 14.9. The van der Waals surface area contributed by atoms with E-state index < -0.39 is 130 Å². The molecule has 3 heterocycles. The van der Waals surface area contributed by atoms with Gasteiger partial charge in [0, 0.05) is 78.0 Å². The molecule has 2 saturated heterocycles. The second-order valence-corrected chi connectivity index (χ2v) is 30.5. The zero-order valence-electron chi connectivity index (χ0n) is 60.2. The second-order valence-electron chi connectivity index (χ2n) is 28.6. The van der Waals surface area contributed by atoms with Crippen LogP contribution in [0.5, 0.6) is 5.75 Å². The van der Waals surface area contributed by atoms with E-state index in [1.165, 1.54) is 44.9 Å². The molecule has 1 aliphatic carbocycles. The summed E-state index contributed by atoms with van der Waals surface area (Å²) in [4.78, 5) is 88.8. The van der Waals surface area contributed by atoms with Crippen LogP contribution in [0.25, 0.3) is 0 Å². The normalized spacial score (nSPS) is 29.6. The van der Waals surface area contributed by atoms with Gasteiger partial charge >= 0.3 is 5.97 Å². The second kappa shape index (κ2) is 38.1. The highest BCUT2D eigenvalue weighted by Gasteiger charge is 2.57. The molecule has 0 aromatic heterocycles. The van der Waals surface area contributed by atoms with Crippen LogP contribution in [0, 0.1) is 35.5 Å². The fourth-order valence-corrected chi connectivity index (χ4v) is 16.1. The molecular weight excluding hydrogens is 1300 g/mol. The number of hydrogen-bond acceptors (Lipinski definition) is 18. The number of cyclic esters (lactones) is 1. The van der Waals surface area contributed by atoms with Gasteiger partial charge in [-0.05, 0) is 150 Å². The molecule has 1 unspecified atom stereocenters. The standard InChI is InChI=1S/C77H110N4O18S/c1-48(2)46-80(100(92,93)59-33-31-58(94-8)32-34-59)47-66(85)60(42-54-23-15-12-16-24-54)79-74(88)61(43-55-25-17-13-18-26-55)78-70(86)29-20-14-19-27-57-38-49(3)37-50(4)39-68(96-10)72-69(97-11)41-52(6)77(91,99-72)73(87)75(89)81-36-22-21-28-62(81)76(90)98-71(53(7)64(83)45-65(57)84)51(5)40-56-30-35-63(82)67(44-56)95-9/h12-19,23-26,31-34,38,40,48,50,52-53,56-57,60-64,66-69,71-72,82-83,85,91H,20-22,27-30,35-37,39,41-47H2,1-11H3,(H,78,86)(H,79,88)/b19-14+,49-38+,51-40+/t50-,52+,53+,56-,57+,60-,61?,62-,63+,64-,66+,67+,68-,69-,71+,72+,77+/m0/s1. The number of carbonyl (C=O) groups excluding carboxylic acids is 6. The van der Waals surface area contributed by atoms with E-state index in [-0.39, 0.29) is 99.4 Å². The number of nitrogens with one attached hydrogen (secondary N) is 2. The molecule has 17 atom stereocenters. The lowest BCUT2D eigenvalue weighted by molar-refractivity contribution is -0.302. The number of allylic oxidation sites excluding steroid dienone is 5. The summed E-state index contributed by atoms with van der Waals surface area (Å²) in [6.45, 7) is 12.5. The molecule has 3 aromatic carbocycles. The van der Waals surface area contributed by atoms with E-state index in [1.807, 2.05) is 101 Å². The predicted molar refractivity (Wildman–Crippen MR) is 378 cm³/mol. The van der Waals surface area contributed by atoms with Gasteiger partial charge in [0.25, 0.3) is 11.7 Å². The lowest BCUT2D eigenvalue weighted by atomic mass is 9.81. The highest BCUT2D eigenvalue weighted by molar-refractivity contribution is 7.89. The van der Waals surface area contributed by atoms with Gasteiger partial charge in [-0.1, -0.05) is 125 Å². The summed E-state index contributed by atoms with van der Waals surface area (Å²) >= 11 is 0. The summed E-state index contributed by atoms with van der Waals surface area (Å²) in [6, 6.07) is 21.0. The van der Waals surface area contributed by atoms with Gasteiger partial charge in [0.15, 0.2) is 0 Å². The minimum atomic E-state index is -4.14. The largest absolute Gasteiger partial charge is 0.497 e. The van der Waals surface area contributed by atoms with Crippen molar-refractivity contribution in [2.75, 3.05) is 48.1 Å². The minimum absolute atomic E-state index is 0.0120. The van der Waals surface area contributed by atoms with E-state index >= 15 is 0 Å². The Balaban J connectivity index is 1.14. The van der Waals surface area contributed by atoms with Crippen molar-refractivity contribution in [3.8, 4) is 5.75 Å². The number of piperidine rings is 1. The van der Waals surface area contributed by atoms with Gasteiger partial charge in [0.1, 0.15) is 35.8 Å². The van der Waals surface area contributed by atoms with E-state index in [2.05, 4.69) is 10.6 Å². The number of fused-ring (bicyclic) bond motifs is 3. The van der Waals surface area contributed by atoms with Crippen LogP contribution in [-0.4, -0.2) is 194 Å². The number of hydrogen-bond donors (Lipinski definition) is 6. The molecule has 3 fully saturated rings. The fourth-order valence-electron chi connectivity index (χ4n) is 14.5. The van der Waals surface area contributed by atoms with Crippen molar-refractivity contribution in [1.82, 2.24) is 19.8 Å². The van der Waals surface area contributed by atoms with Crippen LogP contribution in [0.4, 0.5) is 0 Å². The maximum Gasteiger partial charge on any atom is 0.329 e. The van der Waals surface area contributed by atoms with Crippen molar-refractivity contribution in [3.63, 3.8) is 0 Å². The first-order valence-corrected chi connectivity index (χ1v) is 37.0. The Morgan fingerprint density at radius 3 is 2.05 bits per heavy atom. The first-order valence-electron chi connectivity index (χ1n) is 35.5. The summed E-state index contributed by atoms with van der Waals surface area (Å²) in [5, 5.41) is 53.3. The van der Waals surface area contributed by atoms with Crippen LogP contribution in [-0.2, 0) is 75.3 Å². The van der Waals surface area contributed by atoms with Gasteiger partial charge in [-0.25, -0.2) is 13.2 Å². The average molecular weight is 1410 g/mol. The summed E-state index contributed by atoms with van der Waals surface area (Å²) in [5.74, 6) is -9.60. The van der Waals surface area contributed by atoms with Crippen LogP contribution in [0.15, 0.2) is 125 Å². The molecular formula is C77H110N4O18S. The SMILES string of the molecule is COc1ccc(S(=O)(=O)N(CC(C)C)C[C@@H](O)[C@H](Cc2ccccc2)NC(=O)C(Cc2ccccc2)NC(=O)CC/C=C/C[C@@H]2/C=C(\C)C[C@H](C)C[C@H](OC)[C@H]3O[C@@](O)(C(=O)C(=O)N4CCCC[C@H]4C(=O)O[C@H](/C(C)=C/[C@@H]4CC[C@@H](O)[C@H](OC)C4)[C@H](C)[C@@H](O)CC2=O)[C@H](C)C[C@@H]3OC)cc1. The van der Waals surface area contributed by atoms with Crippen LogP contribution in [0.3, 0.4) is 0 Å². The molecule has 23 heteroatoms. The van der Waals surface area contributed by atoms with Crippen LogP contribution >= 0.6 is 0 Å². The Kier molecular flexibility index (Phi) is 30.8. The number of rotatable bonds is 25. The maximum absolute atomic E-state index is 14.9. The number of ether oxygens (including phenoxy) is 6. The third-order valence-electron chi connectivity index (χ3n) is 20.2. The van der Waals surface area contributed by atoms with Crippen molar-refractivity contribution < 1.29 is 86.0 Å². The fraction of sp³-hybridized carbons (Fsp3) is 0.610. The zero-order chi connectivity index (χ0) is 73.0. The highest BCUT2D eigenvalue weighted by Crippen LogP contribution is 2.40. The van der Waals surface area contributed by atoms with E-state index in [1.54, 1.807) is 45.1 Å². The van der Waals surface area contributed by atoms with Gasteiger partial charge in [0.05, 0.1) is 54.7 Å². The Bertz CT molecular complexity index is 3370. The number of carbonyl (C=O) groups is 6. The van der Waals surface area contributed by atoms with Gasteiger partial charge in [-0.15, -0.1) is 0 Å². The predicted octanol–water partition coefficient (Wildman–Crippen LogP) is 7.96. The number of Topliss-reactive ketones (excluding diaryl/α,β-unsaturated/α-hetero) is 2. The molecule has 3 aromatic rings. The first kappa shape index (κ1) is 80.8. The third-order valence-corrected chi connectivity index (χ3v) is 22.1. The van der Waals surface area contributed by atoms with Gasteiger partial charge in [-0.3, -0.25) is 24.0 Å². The highest BCUT2D eigenvalue weighted by atomic mass is 32.2. The minimum Gasteiger partial charge on any atom is -0.497 e. The van der Waals surface area contributed by atoms with Crippen molar-refractivity contribution in [2.45, 2.75) is 222 Å². The van der Waals surface area contributed by atoms with E-state index in [9.17, 15) is 57.6 Å². The molecule has 6 N–H and O–H groups in total. The third kappa shape index (κ3) is 22.0. The Labute approximate surface area is 591 Å². The molecule has 3 aliphatic heterocycles. The molecule has 22 nitrogen and oxygen atoms in total. The quantitative estimate of drug-likeness (QED) is 0.0266. The van der Waals surface area contributed by atoms with Gasteiger partial charge < -0.3 is 64.4 Å². The number of benzene rings is 3. The lowest BCUT2D eigenvalue weighted by Crippen LogP contribution is -2.64. The summed E-state index contributed by atoms with van der Waals surface area (Å²) < 4.78 is 65.3. The smallest absolute Gasteiger partial charge is 0.329 e. The molecule has 4 aliphatic rings. The first-order chi connectivity index (χ1) is 47.6. The lowest BCUT2D eigenvalue weighted by Gasteiger charge is -2.47. The number of methoxy groups -OCH3 is 4. The van der Waals surface area contributed by atoms with Crippen LogP contribution in [0.2, 0.25) is 0 Å². The topological polar surface area (TPSA) is 303 Å². The van der Waals surface area contributed by atoms with Gasteiger partial charge in [-0.2, -0.15) is 4.31 Å². The van der Waals surface area contributed by atoms with E-state index in [4.69, 9.17) is 28.4 Å². The molecule has 100 heavy (non-hydrogen) atoms. The molecule has 0 radical (unpaired) electrons. The van der Waals surface area contributed by atoms with Crippen LogP contribution < -0.4 is 15.4 Å².